The van der Waals surface area contributed by atoms with Crippen molar-refractivity contribution in [3.63, 3.8) is 0 Å². The van der Waals surface area contributed by atoms with E-state index in [1.807, 2.05) is 4.90 Å². The van der Waals surface area contributed by atoms with Crippen LogP contribution in [0.1, 0.15) is 30.6 Å². The van der Waals surface area contributed by atoms with E-state index in [9.17, 15) is 4.79 Å². The van der Waals surface area contributed by atoms with Gasteiger partial charge in [-0.25, -0.2) is 0 Å². The van der Waals surface area contributed by atoms with E-state index in [-0.39, 0.29) is 11.9 Å². The molecule has 94 valence electrons. The van der Waals surface area contributed by atoms with Crippen molar-refractivity contribution in [2.75, 3.05) is 13.1 Å². The Labute approximate surface area is 107 Å². The summed E-state index contributed by atoms with van der Waals surface area (Å²) in [5.41, 5.74) is 5.88. The number of amides is 1. The monoisotopic (exact) mass is 252 g/mol. The second-order valence-electron chi connectivity index (χ2n) is 4.67. The second kappa shape index (κ2) is 6.17. The van der Waals surface area contributed by atoms with Crippen LogP contribution in [-0.4, -0.2) is 29.9 Å². The highest BCUT2D eigenvalue weighted by Crippen LogP contribution is 2.14. The third kappa shape index (κ3) is 3.82. The number of likely N-dealkylation sites (tertiary alicyclic amines) is 1. The highest BCUT2D eigenvalue weighted by atomic mass is 32.1. The van der Waals surface area contributed by atoms with E-state index in [1.54, 1.807) is 11.3 Å². The van der Waals surface area contributed by atoms with Crippen LogP contribution >= 0.6 is 11.3 Å². The number of rotatable bonds is 4. The first-order valence-corrected chi connectivity index (χ1v) is 7.19. The zero-order valence-electron chi connectivity index (χ0n) is 10.1. The third-order valence-corrected chi connectivity index (χ3v) is 4.14. The maximum atomic E-state index is 11.9. The maximum Gasteiger partial charge on any atom is 0.222 e. The van der Waals surface area contributed by atoms with Gasteiger partial charge in [0.1, 0.15) is 0 Å². The first-order valence-electron chi connectivity index (χ1n) is 6.31. The molecular weight excluding hydrogens is 232 g/mol. The largest absolute Gasteiger partial charge is 0.341 e. The van der Waals surface area contributed by atoms with Crippen LogP contribution in [0.25, 0.3) is 0 Å². The van der Waals surface area contributed by atoms with Crippen LogP contribution < -0.4 is 5.73 Å². The van der Waals surface area contributed by atoms with Gasteiger partial charge in [-0.3, -0.25) is 4.79 Å². The molecule has 0 spiro atoms. The van der Waals surface area contributed by atoms with Gasteiger partial charge in [-0.15, -0.1) is 11.3 Å². The molecule has 1 aromatic heterocycles. The lowest BCUT2D eigenvalue weighted by Crippen LogP contribution is -2.45. The molecule has 1 fully saturated rings. The predicted octanol–water partition coefficient (Wildman–Crippen LogP) is 2.02. The summed E-state index contributed by atoms with van der Waals surface area (Å²) in [7, 11) is 0. The average Bonchev–Trinajstić information content (AvgIpc) is 2.82. The van der Waals surface area contributed by atoms with Gasteiger partial charge in [0.25, 0.3) is 0 Å². The number of hydrogen-bond acceptors (Lipinski definition) is 3. The molecule has 0 aromatic carbocycles. The third-order valence-electron chi connectivity index (χ3n) is 3.20. The van der Waals surface area contributed by atoms with Crippen molar-refractivity contribution < 1.29 is 4.79 Å². The van der Waals surface area contributed by atoms with Crippen molar-refractivity contribution in [2.24, 2.45) is 5.73 Å². The fourth-order valence-electron chi connectivity index (χ4n) is 2.26. The Hall–Kier alpha value is -0.870. The molecule has 1 atom stereocenters. The molecule has 0 aliphatic carbocycles. The summed E-state index contributed by atoms with van der Waals surface area (Å²) in [6.07, 6.45) is 4.73. The first-order chi connectivity index (χ1) is 8.25. The van der Waals surface area contributed by atoms with Crippen LogP contribution in [0.4, 0.5) is 0 Å². The lowest BCUT2D eigenvalue weighted by atomic mass is 10.1. The number of aryl methyl sites for hydroxylation is 1. The highest BCUT2D eigenvalue weighted by Gasteiger charge is 2.20. The number of hydrogen-bond donors (Lipinski definition) is 1. The fraction of sp³-hybridized carbons (Fsp3) is 0.615. The van der Waals surface area contributed by atoms with Gasteiger partial charge in [-0.1, -0.05) is 6.07 Å². The van der Waals surface area contributed by atoms with Gasteiger partial charge in [-0.05, 0) is 37.1 Å². The van der Waals surface area contributed by atoms with Crippen LogP contribution in [0.3, 0.4) is 0 Å². The topological polar surface area (TPSA) is 46.3 Å². The summed E-state index contributed by atoms with van der Waals surface area (Å²) >= 11 is 1.77. The zero-order chi connectivity index (χ0) is 12.1. The molecule has 0 bridgehead atoms. The summed E-state index contributed by atoms with van der Waals surface area (Å²) in [5, 5.41) is 2.08. The molecule has 17 heavy (non-hydrogen) atoms. The van der Waals surface area contributed by atoms with E-state index >= 15 is 0 Å². The lowest BCUT2D eigenvalue weighted by Gasteiger charge is -2.30. The number of carbonyl (C=O) groups is 1. The van der Waals surface area contributed by atoms with Crippen molar-refractivity contribution in [3.05, 3.63) is 22.4 Å². The van der Waals surface area contributed by atoms with E-state index in [4.69, 9.17) is 5.73 Å². The summed E-state index contributed by atoms with van der Waals surface area (Å²) in [5.74, 6) is 0.275. The Morgan fingerprint density at radius 3 is 3.18 bits per heavy atom. The Morgan fingerprint density at radius 2 is 2.47 bits per heavy atom. The number of carbonyl (C=O) groups excluding carboxylic acids is 1. The standard InChI is InChI=1S/C13H20N2OS/c14-11-4-2-8-15(10-11)13(16)7-1-5-12-6-3-9-17-12/h3,6,9,11H,1-2,4-5,7-8,10,14H2. The molecule has 1 aromatic rings. The van der Waals surface area contributed by atoms with Crippen LogP contribution in [0.5, 0.6) is 0 Å². The molecule has 1 amide bonds. The van der Waals surface area contributed by atoms with Crippen LogP contribution in [0.2, 0.25) is 0 Å². The number of nitrogens with zero attached hydrogens (tertiary/aromatic N) is 1. The van der Waals surface area contributed by atoms with Crippen molar-refractivity contribution in [2.45, 2.75) is 38.1 Å². The molecular formula is C13H20N2OS. The minimum absolute atomic E-state index is 0.185. The van der Waals surface area contributed by atoms with Crippen molar-refractivity contribution >= 4 is 17.2 Å². The van der Waals surface area contributed by atoms with Gasteiger partial charge in [0.05, 0.1) is 0 Å². The molecule has 2 N–H and O–H groups in total. The quantitative estimate of drug-likeness (QED) is 0.891. The minimum Gasteiger partial charge on any atom is -0.341 e. The Kier molecular flexibility index (Phi) is 4.57. The van der Waals surface area contributed by atoms with E-state index < -0.39 is 0 Å². The lowest BCUT2D eigenvalue weighted by molar-refractivity contribution is -0.132. The van der Waals surface area contributed by atoms with Crippen molar-refractivity contribution in [1.82, 2.24) is 4.90 Å². The van der Waals surface area contributed by atoms with Gasteiger partial charge in [-0.2, -0.15) is 0 Å². The zero-order valence-corrected chi connectivity index (χ0v) is 10.9. The van der Waals surface area contributed by atoms with Crippen molar-refractivity contribution in [1.29, 1.82) is 0 Å². The van der Waals surface area contributed by atoms with Gasteiger partial charge in [0.2, 0.25) is 5.91 Å². The van der Waals surface area contributed by atoms with Gasteiger partial charge < -0.3 is 10.6 Å². The SMILES string of the molecule is NC1CCCN(C(=O)CCCc2cccs2)C1. The molecule has 2 heterocycles. The van der Waals surface area contributed by atoms with Crippen LogP contribution in [-0.2, 0) is 11.2 Å². The summed E-state index contributed by atoms with van der Waals surface area (Å²) in [4.78, 5) is 15.2. The first kappa shape index (κ1) is 12.6. The van der Waals surface area contributed by atoms with Gasteiger partial charge in [0, 0.05) is 30.4 Å². The smallest absolute Gasteiger partial charge is 0.222 e. The molecule has 3 nitrogen and oxygen atoms in total. The summed E-state index contributed by atoms with van der Waals surface area (Å²) in [6, 6.07) is 4.38. The Balaban J connectivity index is 1.70. The van der Waals surface area contributed by atoms with Crippen molar-refractivity contribution in [3.8, 4) is 0 Å². The van der Waals surface area contributed by atoms with E-state index in [0.29, 0.717) is 6.42 Å². The maximum absolute atomic E-state index is 11.9. The molecule has 0 saturated carbocycles. The number of nitrogens with two attached hydrogens (primary N) is 1. The summed E-state index contributed by atoms with van der Waals surface area (Å²) < 4.78 is 0. The van der Waals surface area contributed by atoms with Crippen LogP contribution in [0, 0.1) is 0 Å². The predicted molar refractivity (Wildman–Crippen MR) is 71.0 cm³/mol. The molecule has 2 rings (SSSR count). The van der Waals surface area contributed by atoms with Crippen LogP contribution in [0.15, 0.2) is 17.5 Å². The second-order valence-corrected chi connectivity index (χ2v) is 5.71. The molecule has 1 aliphatic heterocycles. The van der Waals surface area contributed by atoms with Gasteiger partial charge >= 0.3 is 0 Å². The molecule has 0 radical (unpaired) electrons. The Morgan fingerprint density at radius 1 is 1.59 bits per heavy atom. The normalized spacial score (nSPS) is 20.5. The number of piperidine rings is 1. The van der Waals surface area contributed by atoms with E-state index in [2.05, 4.69) is 17.5 Å². The highest BCUT2D eigenvalue weighted by molar-refractivity contribution is 7.09. The average molecular weight is 252 g/mol. The molecule has 1 aliphatic rings. The van der Waals surface area contributed by atoms with E-state index in [1.165, 1.54) is 4.88 Å². The van der Waals surface area contributed by atoms with Gasteiger partial charge in [0.15, 0.2) is 0 Å². The molecule has 4 heteroatoms. The number of thiophene rings is 1. The molecule has 1 saturated heterocycles. The van der Waals surface area contributed by atoms with E-state index in [0.717, 1.165) is 38.8 Å². The summed E-state index contributed by atoms with van der Waals surface area (Å²) in [6.45, 7) is 1.64. The fourth-order valence-corrected chi connectivity index (χ4v) is 3.01. The minimum atomic E-state index is 0.185. The molecule has 1 unspecified atom stereocenters. The Bertz CT molecular complexity index is 350.